The lowest BCUT2D eigenvalue weighted by molar-refractivity contribution is -0.127. The van der Waals surface area contributed by atoms with Crippen LogP contribution in [0, 0.1) is 6.92 Å². The van der Waals surface area contributed by atoms with Crippen molar-refractivity contribution in [2.75, 3.05) is 0 Å². The molecule has 0 aliphatic rings. The predicted octanol–water partition coefficient (Wildman–Crippen LogP) is 3.74. The molecule has 1 rings (SSSR count). The average molecular weight is 259 g/mol. The Bertz CT molecular complexity index is 433. The van der Waals surface area contributed by atoms with E-state index in [2.05, 4.69) is 50.0 Å². The summed E-state index contributed by atoms with van der Waals surface area (Å²) in [7, 11) is 0. The van der Waals surface area contributed by atoms with Gasteiger partial charge in [-0.1, -0.05) is 42.8 Å². The number of benzene rings is 1. The lowest BCUT2D eigenvalue weighted by atomic mass is 9.74. The Hall–Kier alpha value is -1.57. The molecule has 0 aromatic heterocycles. The Labute approximate surface area is 116 Å². The molecule has 0 radical (unpaired) electrons. The molecular weight excluding hydrogens is 234 g/mol. The van der Waals surface area contributed by atoms with Crippen LogP contribution in [-0.4, -0.2) is 11.9 Å². The van der Waals surface area contributed by atoms with Gasteiger partial charge in [0.2, 0.25) is 5.91 Å². The highest BCUT2D eigenvalue weighted by Gasteiger charge is 2.37. The van der Waals surface area contributed by atoms with Gasteiger partial charge in [0.1, 0.15) is 0 Å². The van der Waals surface area contributed by atoms with E-state index in [1.165, 1.54) is 5.56 Å². The van der Waals surface area contributed by atoms with Gasteiger partial charge in [-0.3, -0.25) is 4.79 Å². The standard InChI is InChI=1S/C17H25NO/c1-6-12-17(7-2,16(19)18-13(3)4)15-10-8-14(5)9-11-15/h6,8-11,13H,1,7,12H2,2-5H3,(H,18,19). The topological polar surface area (TPSA) is 29.1 Å². The Kier molecular flexibility index (Phi) is 5.34. The molecule has 0 bridgehead atoms. The molecule has 0 aliphatic heterocycles. The Balaban J connectivity index is 3.21. The van der Waals surface area contributed by atoms with Crippen LogP contribution in [0.1, 0.15) is 44.7 Å². The summed E-state index contributed by atoms with van der Waals surface area (Å²) < 4.78 is 0. The molecule has 104 valence electrons. The summed E-state index contributed by atoms with van der Waals surface area (Å²) in [6.45, 7) is 11.9. The van der Waals surface area contributed by atoms with Gasteiger partial charge in [-0.15, -0.1) is 6.58 Å². The summed E-state index contributed by atoms with van der Waals surface area (Å²) in [6.07, 6.45) is 3.26. The maximum atomic E-state index is 12.6. The van der Waals surface area contributed by atoms with E-state index in [0.717, 1.165) is 12.0 Å². The molecule has 0 heterocycles. The molecule has 1 atom stereocenters. The van der Waals surface area contributed by atoms with Gasteiger partial charge in [0.15, 0.2) is 0 Å². The van der Waals surface area contributed by atoms with Crippen LogP contribution in [0.15, 0.2) is 36.9 Å². The minimum absolute atomic E-state index is 0.0914. The van der Waals surface area contributed by atoms with Gasteiger partial charge < -0.3 is 5.32 Å². The first kappa shape index (κ1) is 15.5. The number of allylic oxidation sites excluding steroid dienone is 1. The summed E-state index contributed by atoms with van der Waals surface area (Å²) in [6, 6.07) is 8.38. The van der Waals surface area contributed by atoms with E-state index >= 15 is 0 Å². The van der Waals surface area contributed by atoms with Crippen molar-refractivity contribution in [2.24, 2.45) is 0 Å². The Morgan fingerprint density at radius 2 is 1.95 bits per heavy atom. The number of carbonyl (C=O) groups excluding carboxylic acids is 1. The van der Waals surface area contributed by atoms with Crippen molar-refractivity contribution in [1.29, 1.82) is 0 Å². The van der Waals surface area contributed by atoms with E-state index in [0.29, 0.717) is 6.42 Å². The zero-order valence-electron chi connectivity index (χ0n) is 12.5. The summed E-state index contributed by atoms with van der Waals surface area (Å²) in [5.74, 6) is 0.0914. The van der Waals surface area contributed by atoms with Gasteiger partial charge in [-0.05, 0) is 39.2 Å². The number of amides is 1. The summed E-state index contributed by atoms with van der Waals surface area (Å²) >= 11 is 0. The fraction of sp³-hybridized carbons (Fsp3) is 0.471. The quantitative estimate of drug-likeness (QED) is 0.775. The molecule has 2 heteroatoms. The fourth-order valence-electron chi connectivity index (χ4n) is 2.37. The van der Waals surface area contributed by atoms with Gasteiger partial charge in [0.05, 0.1) is 5.41 Å². The third kappa shape index (κ3) is 3.46. The molecule has 0 saturated carbocycles. The van der Waals surface area contributed by atoms with Crippen LogP contribution >= 0.6 is 0 Å². The Morgan fingerprint density at radius 3 is 2.37 bits per heavy atom. The van der Waals surface area contributed by atoms with Crippen LogP contribution in [0.5, 0.6) is 0 Å². The SMILES string of the molecule is C=CCC(CC)(C(=O)NC(C)C)c1ccc(C)cc1. The molecular formula is C17H25NO. The van der Waals surface area contributed by atoms with Crippen molar-refractivity contribution in [1.82, 2.24) is 5.32 Å². The largest absolute Gasteiger partial charge is 0.353 e. The van der Waals surface area contributed by atoms with Crippen LogP contribution in [-0.2, 0) is 10.2 Å². The molecule has 0 saturated heterocycles. The van der Waals surface area contributed by atoms with E-state index in [1.54, 1.807) is 0 Å². The van der Waals surface area contributed by atoms with E-state index in [-0.39, 0.29) is 11.9 Å². The number of hydrogen-bond donors (Lipinski definition) is 1. The van der Waals surface area contributed by atoms with Crippen molar-refractivity contribution in [3.8, 4) is 0 Å². The van der Waals surface area contributed by atoms with Crippen LogP contribution in [0.3, 0.4) is 0 Å². The van der Waals surface area contributed by atoms with E-state index in [1.807, 2.05) is 19.9 Å². The monoisotopic (exact) mass is 259 g/mol. The molecule has 0 fully saturated rings. The Morgan fingerprint density at radius 1 is 1.37 bits per heavy atom. The maximum Gasteiger partial charge on any atom is 0.231 e. The number of nitrogens with one attached hydrogen (secondary N) is 1. The molecule has 0 aliphatic carbocycles. The van der Waals surface area contributed by atoms with Crippen LogP contribution in [0.25, 0.3) is 0 Å². The van der Waals surface area contributed by atoms with Gasteiger partial charge in [0, 0.05) is 6.04 Å². The molecule has 1 aromatic rings. The number of rotatable bonds is 6. The van der Waals surface area contributed by atoms with E-state index < -0.39 is 5.41 Å². The lowest BCUT2D eigenvalue weighted by Crippen LogP contribution is -2.46. The van der Waals surface area contributed by atoms with Crippen molar-refractivity contribution < 1.29 is 4.79 Å². The first-order chi connectivity index (χ1) is 8.96. The van der Waals surface area contributed by atoms with Crippen LogP contribution in [0.4, 0.5) is 0 Å². The number of hydrogen-bond acceptors (Lipinski definition) is 1. The van der Waals surface area contributed by atoms with Gasteiger partial charge >= 0.3 is 0 Å². The molecule has 19 heavy (non-hydrogen) atoms. The maximum absolute atomic E-state index is 12.6. The minimum Gasteiger partial charge on any atom is -0.353 e. The second kappa shape index (κ2) is 6.55. The molecule has 1 aromatic carbocycles. The number of aryl methyl sites for hydroxylation is 1. The van der Waals surface area contributed by atoms with Gasteiger partial charge in [-0.25, -0.2) is 0 Å². The first-order valence-electron chi connectivity index (χ1n) is 6.95. The molecule has 0 spiro atoms. The second-order valence-electron chi connectivity index (χ2n) is 5.42. The fourth-order valence-corrected chi connectivity index (χ4v) is 2.37. The highest BCUT2D eigenvalue weighted by molar-refractivity contribution is 5.88. The molecule has 1 unspecified atom stereocenters. The second-order valence-corrected chi connectivity index (χ2v) is 5.42. The van der Waals surface area contributed by atoms with E-state index in [4.69, 9.17) is 0 Å². The first-order valence-corrected chi connectivity index (χ1v) is 6.95. The van der Waals surface area contributed by atoms with Crippen molar-refractivity contribution >= 4 is 5.91 Å². The summed E-state index contributed by atoms with van der Waals surface area (Å²) in [5.41, 5.74) is 1.77. The zero-order valence-corrected chi connectivity index (χ0v) is 12.5. The van der Waals surface area contributed by atoms with E-state index in [9.17, 15) is 4.79 Å². The minimum atomic E-state index is -0.500. The highest BCUT2D eigenvalue weighted by Crippen LogP contribution is 2.33. The molecule has 1 amide bonds. The predicted molar refractivity (Wildman–Crippen MR) is 81.2 cm³/mol. The summed E-state index contributed by atoms with van der Waals surface area (Å²) in [5, 5.41) is 3.05. The third-order valence-corrected chi connectivity index (χ3v) is 3.55. The van der Waals surface area contributed by atoms with Crippen molar-refractivity contribution in [3.05, 3.63) is 48.0 Å². The average Bonchev–Trinajstić information content (AvgIpc) is 2.36. The normalized spacial score (nSPS) is 13.9. The highest BCUT2D eigenvalue weighted by atomic mass is 16.2. The summed E-state index contributed by atoms with van der Waals surface area (Å²) in [4.78, 5) is 12.6. The van der Waals surface area contributed by atoms with Crippen LogP contribution < -0.4 is 5.32 Å². The smallest absolute Gasteiger partial charge is 0.231 e. The van der Waals surface area contributed by atoms with Gasteiger partial charge in [-0.2, -0.15) is 0 Å². The van der Waals surface area contributed by atoms with Gasteiger partial charge in [0.25, 0.3) is 0 Å². The lowest BCUT2D eigenvalue weighted by Gasteiger charge is -2.32. The van der Waals surface area contributed by atoms with Crippen LogP contribution in [0.2, 0.25) is 0 Å². The number of carbonyl (C=O) groups is 1. The van der Waals surface area contributed by atoms with Crippen molar-refractivity contribution in [2.45, 2.75) is 52.0 Å². The zero-order chi connectivity index (χ0) is 14.5. The van der Waals surface area contributed by atoms with Crippen molar-refractivity contribution in [3.63, 3.8) is 0 Å². The third-order valence-electron chi connectivity index (χ3n) is 3.55. The molecule has 1 N–H and O–H groups in total. The molecule has 2 nitrogen and oxygen atoms in total.